The maximum atomic E-state index is 13.3. The fourth-order valence-electron chi connectivity index (χ4n) is 3.93. The van der Waals surface area contributed by atoms with Gasteiger partial charge in [0.25, 0.3) is 0 Å². The Balaban J connectivity index is 2.29. The predicted molar refractivity (Wildman–Crippen MR) is 121 cm³/mol. The number of carboxylic acid groups (broad SMARTS) is 1. The molecule has 176 valence electrons. The van der Waals surface area contributed by atoms with Crippen molar-refractivity contribution in [2.45, 2.75) is 31.0 Å². The smallest absolute Gasteiger partial charge is 0.416 e. The van der Waals surface area contributed by atoms with Crippen LogP contribution in [0.15, 0.2) is 58.6 Å². The highest BCUT2D eigenvalue weighted by Crippen LogP contribution is 2.41. The van der Waals surface area contributed by atoms with E-state index in [4.69, 9.17) is 0 Å². The largest absolute Gasteiger partial charge is 0.478 e. The van der Waals surface area contributed by atoms with Crippen LogP contribution in [0.2, 0.25) is 0 Å². The molecule has 1 aliphatic rings. The van der Waals surface area contributed by atoms with Crippen LogP contribution in [-0.2, 0) is 20.5 Å². The molecule has 0 spiro atoms. The van der Waals surface area contributed by atoms with Crippen molar-refractivity contribution in [1.82, 2.24) is 4.90 Å². The zero-order valence-corrected chi connectivity index (χ0v) is 19.3. The van der Waals surface area contributed by atoms with E-state index in [0.29, 0.717) is 10.5 Å². The number of anilines is 1. The molecule has 0 fully saturated rings. The van der Waals surface area contributed by atoms with Crippen LogP contribution in [0.5, 0.6) is 0 Å². The Morgan fingerprint density at radius 2 is 1.79 bits per heavy atom. The predicted octanol–water partition coefficient (Wildman–Crippen LogP) is 4.69. The summed E-state index contributed by atoms with van der Waals surface area (Å²) in [5, 5.41) is 10.1. The Bertz CT molecular complexity index is 1280. The molecule has 2 atom stereocenters. The van der Waals surface area contributed by atoms with Crippen LogP contribution in [0.3, 0.4) is 0 Å². The van der Waals surface area contributed by atoms with Crippen molar-refractivity contribution in [2.75, 3.05) is 18.2 Å². The van der Waals surface area contributed by atoms with Crippen LogP contribution in [-0.4, -0.2) is 45.4 Å². The first kappa shape index (κ1) is 24.4. The third-order valence-electron chi connectivity index (χ3n) is 5.47. The molecule has 3 rings (SSSR count). The second-order valence-corrected chi connectivity index (χ2v) is 10.5. The normalized spacial score (nSPS) is 19.0. The summed E-state index contributed by atoms with van der Waals surface area (Å²) in [6, 6.07) is 7.22. The summed E-state index contributed by atoms with van der Waals surface area (Å²) in [6.07, 6.45) is -3.22. The van der Waals surface area contributed by atoms with Gasteiger partial charge in [-0.3, -0.25) is 9.11 Å². The minimum Gasteiger partial charge on any atom is -0.478 e. The topological polar surface area (TPSA) is 77.9 Å². The van der Waals surface area contributed by atoms with Crippen molar-refractivity contribution >= 4 is 33.1 Å². The van der Waals surface area contributed by atoms with E-state index in [-0.39, 0.29) is 17.0 Å². The van der Waals surface area contributed by atoms with Gasteiger partial charge >= 0.3 is 18.2 Å². The number of alkyl halides is 3. The lowest BCUT2D eigenvalue weighted by atomic mass is 9.92. The van der Waals surface area contributed by atoms with Gasteiger partial charge in [0, 0.05) is 23.9 Å². The summed E-state index contributed by atoms with van der Waals surface area (Å²) in [5.74, 6) is 2.35. The summed E-state index contributed by atoms with van der Waals surface area (Å²) in [4.78, 5) is 28.0. The monoisotopic (exact) mass is 480 g/mol. The highest BCUT2D eigenvalue weighted by molar-refractivity contribution is 7.99. The SMILES string of the molecule is C=S(C)(=O)c1cc(C)ccc1[C@H]1C(C(=O)O)=C(C)N(c2cccc(C(F)(F)F)c2)C(=O)N1C. The maximum Gasteiger partial charge on any atom is 0.416 e. The van der Waals surface area contributed by atoms with Gasteiger partial charge in [0.15, 0.2) is 0 Å². The van der Waals surface area contributed by atoms with Gasteiger partial charge in [0.1, 0.15) is 0 Å². The van der Waals surface area contributed by atoms with Crippen LogP contribution in [0, 0.1) is 6.92 Å². The molecule has 33 heavy (non-hydrogen) atoms. The highest BCUT2D eigenvalue weighted by atomic mass is 32.2. The quantitative estimate of drug-likeness (QED) is 0.644. The number of urea groups is 1. The number of likely N-dealkylation sites (N-methyl/N-ethyl adjacent to an activating group) is 1. The molecule has 0 aromatic heterocycles. The van der Waals surface area contributed by atoms with Crippen molar-refractivity contribution in [1.29, 1.82) is 0 Å². The molecular formula is C23H23F3N2O4S. The van der Waals surface area contributed by atoms with Crippen molar-refractivity contribution < 1.29 is 32.1 Å². The number of benzene rings is 2. The average molecular weight is 481 g/mol. The van der Waals surface area contributed by atoms with E-state index in [0.717, 1.165) is 33.6 Å². The molecular weight excluding hydrogens is 457 g/mol. The number of aliphatic carboxylic acids is 1. The molecule has 0 bridgehead atoms. The summed E-state index contributed by atoms with van der Waals surface area (Å²) < 4.78 is 52.6. The Morgan fingerprint density at radius 3 is 2.33 bits per heavy atom. The number of aryl methyl sites for hydroxylation is 1. The third kappa shape index (κ3) is 4.47. The average Bonchev–Trinajstić information content (AvgIpc) is 2.69. The number of amides is 2. The van der Waals surface area contributed by atoms with Gasteiger partial charge in [0.2, 0.25) is 0 Å². The zero-order valence-electron chi connectivity index (χ0n) is 18.4. The Hall–Kier alpha value is -3.27. The van der Waals surface area contributed by atoms with Gasteiger partial charge < -0.3 is 10.0 Å². The van der Waals surface area contributed by atoms with E-state index in [1.807, 2.05) is 0 Å². The van der Waals surface area contributed by atoms with Crippen LogP contribution < -0.4 is 4.90 Å². The first-order chi connectivity index (χ1) is 15.1. The fourth-order valence-corrected chi connectivity index (χ4v) is 5.04. The molecule has 1 N–H and O–H groups in total. The number of rotatable bonds is 4. The molecule has 2 aromatic carbocycles. The van der Waals surface area contributed by atoms with Crippen molar-refractivity contribution in [3.63, 3.8) is 0 Å². The van der Waals surface area contributed by atoms with Crippen molar-refractivity contribution in [2.24, 2.45) is 0 Å². The van der Waals surface area contributed by atoms with Crippen LogP contribution in [0.1, 0.15) is 29.7 Å². The summed E-state index contributed by atoms with van der Waals surface area (Å²) >= 11 is 0. The molecule has 1 aliphatic heterocycles. The second kappa shape index (κ2) is 8.26. The van der Waals surface area contributed by atoms with Gasteiger partial charge in [-0.15, -0.1) is 0 Å². The van der Waals surface area contributed by atoms with E-state index >= 15 is 0 Å². The van der Waals surface area contributed by atoms with E-state index in [1.54, 1.807) is 25.1 Å². The molecule has 0 saturated carbocycles. The number of allylic oxidation sites excluding steroid dienone is 1. The third-order valence-corrected chi connectivity index (χ3v) is 6.75. The second-order valence-electron chi connectivity index (χ2n) is 8.03. The van der Waals surface area contributed by atoms with Crippen molar-refractivity contribution in [3.8, 4) is 0 Å². The standard InChI is InChI=1S/C23H23F3N2O4S/c1-13-9-10-17(18(11-13)33(4,5)32)20-19(21(29)30)14(2)28(22(31)27(20)3)16-8-6-7-15(12-16)23(24,25)26/h6-12,20H,4H2,1-3,5H3,(H,29,30)/t20-,33?/m0/s1. The molecule has 0 aliphatic carbocycles. The highest BCUT2D eigenvalue weighted by Gasteiger charge is 2.42. The summed E-state index contributed by atoms with van der Waals surface area (Å²) in [6.45, 7) is 3.14. The molecule has 0 saturated heterocycles. The Morgan fingerprint density at radius 1 is 1.15 bits per heavy atom. The van der Waals surface area contributed by atoms with Gasteiger partial charge in [0.05, 0.1) is 22.9 Å². The molecule has 1 unspecified atom stereocenters. The number of carbonyl (C=O) groups is 2. The van der Waals surface area contributed by atoms with Crippen LogP contribution in [0.4, 0.5) is 23.7 Å². The lowest BCUT2D eigenvalue weighted by Crippen LogP contribution is -2.49. The molecule has 10 heteroatoms. The molecule has 1 heterocycles. The Labute approximate surface area is 189 Å². The Kier molecular flexibility index (Phi) is 6.10. The van der Waals surface area contributed by atoms with Gasteiger partial charge in [-0.05, 0) is 64.6 Å². The van der Waals surface area contributed by atoms with Gasteiger partial charge in [-0.1, -0.05) is 18.2 Å². The number of nitrogens with zero attached hydrogens (tertiary/aromatic N) is 2. The zero-order chi connectivity index (χ0) is 24.9. The van der Waals surface area contributed by atoms with E-state index in [1.165, 1.54) is 26.3 Å². The first-order valence-electron chi connectivity index (χ1n) is 9.75. The summed E-state index contributed by atoms with van der Waals surface area (Å²) in [5.41, 5.74) is -0.224. The van der Waals surface area contributed by atoms with Gasteiger partial charge in [-0.25, -0.2) is 9.59 Å². The first-order valence-corrected chi connectivity index (χ1v) is 11.9. The molecule has 6 nitrogen and oxygen atoms in total. The van der Waals surface area contributed by atoms with E-state index in [2.05, 4.69) is 5.87 Å². The number of carbonyl (C=O) groups excluding carboxylic acids is 1. The number of hydrogen-bond donors (Lipinski definition) is 1. The molecule has 2 aromatic rings. The summed E-state index contributed by atoms with van der Waals surface area (Å²) in [7, 11) is -1.44. The molecule has 2 amide bonds. The number of halogens is 3. The lowest BCUT2D eigenvalue weighted by Gasteiger charge is -2.41. The van der Waals surface area contributed by atoms with Crippen LogP contribution >= 0.6 is 0 Å². The van der Waals surface area contributed by atoms with E-state index < -0.39 is 39.3 Å². The van der Waals surface area contributed by atoms with Crippen molar-refractivity contribution in [3.05, 3.63) is 70.4 Å². The molecule has 0 radical (unpaired) electrons. The minimum atomic E-state index is -4.64. The van der Waals surface area contributed by atoms with Crippen LogP contribution in [0.25, 0.3) is 0 Å². The fraction of sp³-hybridized carbons (Fsp3) is 0.261. The van der Waals surface area contributed by atoms with Gasteiger partial charge in [-0.2, -0.15) is 13.2 Å². The minimum absolute atomic E-state index is 0.0342. The van der Waals surface area contributed by atoms with E-state index in [9.17, 15) is 32.1 Å². The number of hydrogen-bond acceptors (Lipinski definition) is 3. The maximum absolute atomic E-state index is 13.3. The number of carboxylic acids is 1. The lowest BCUT2D eigenvalue weighted by molar-refractivity contribution is -0.137.